The number of carbonyl (C=O) groups is 1. The van der Waals surface area contributed by atoms with Crippen molar-refractivity contribution in [2.24, 2.45) is 0 Å². The second-order valence-electron chi connectivity index (χ2n) is 5.76. The fraction of sp³-hybridized carbons (Fsp3) is 0.438. The number of nitrogens with one attached hydrogen (secondary N) is 1. The summed E-state index contributed by atoms with van der Waals surface area (Å²) in [6.45, 7) is 0.557. The molecule has 0 saturated carbocycles. The molecule has 0 radical (unpaired) electrons. The van der Waals surface area contributed by atoms with E-state index < -0.39 is 5.60 Å². The van der Waals surface area contributed by atoms with Crippen molar-refractivity contribution in [3.63, 3.8) is 0 Å². The van der Waals surface area contributed by atoms with Crippen molar-refractivity contribution in [1.29, 1.82) is 0 Å². The van der Waals surface area contributed by atoms with Gasteiger partial charge in [-0.2, -0.15) is 11.8 Å². The summed E-state index contributed by atoms with van der Waals surface area (Å²) >= 11 is 7.86. The fourth-order valence-electron chi connectivity index (χ4n) is 2.70. The van der Waals surface area contributed by atoms with Crippen LogP contribution in [0.5, 0.6) is 0 Å². The highest BCUT2D eigenvalue weighted by Crippen LogP contribution is 2.26. The van der Waals surface area contributed by atoms with E-state index >= 15 is 0 Å². The molecule has 0 atom stereocenters. The smallest absolute Gasteiger partial charge is 0.240 e. The molecule has 0 unspecified atom stereocenters. The van der Waals surface area contributed by atoms with Crippen molar-refractivity contribution in [2.45, 2.75) is 25.0 Å². The predicted molar refractivity (Wildman–Crippen MR) is 91.5 cm³/mol. The lowest BCUT2D eigenvalue weighted by atomic mass is 9.97. The third-order valence-corrected chi connectivity index (χ3v) is 5.31. The van der Waals surface area contributed by atoms with Gasteiger partial charge in [-0.05, 0) is 47.9 Å². The summed E-state index contributed by atoms with van der Waals surface area (Å²) in [5.74, 6) is 1.81. The normalized spacial score (nSPS) is 17.5. The zero-order valence-electron chi connectivity index (χ0n) is 12.2. The molecule has 2 N–H and O–H groups in total. The number of rotatable bonds is 4. The van der Waals surface area contributed by atoms with Gasteiger partial charge < -0.3 is 15.0 Å². The predicted octanol–water partition coefficient (Wildman–Crippen LogP) is 2.67. The molecule has 2 heterocycles. The van der Waals surface area contributed by atoms with Gasteiger partial charge in [-0.3, -0.25) is 4.79 Å². The SMILES string of the molecule is O=C(Cn1ccc2ccc(Cl)cc21)NCC1(O)CCSCC1. The zero-order valence-corrected chi connectivity index (χ0v) is 13.8. The first kappa shape index (κ1) is 15.7. The third-order valence-electron chi connectivity index (χ3n) is 4.09. The Morgan fingerprint density at radius 1 is 1.36 bits per heavy atom. The van der Waals surface area contributed by atoms with E-state index in [-0.39, 0.29) is 12.5 Å². The van der Waals surface area contributed by atoms with Crippen LogP contribution in [0.2, 0.25) is 5.02 Å². The number of benzene rings is 1. The number of fused-ring (bicyclic) bond motifs is 1. The highest BCUT2D eigenvalue weighted by Gasteiger charge is 2.29. The maximum Gasteiger partial charge on any atom is 0.240 e. The van der Waals surface area contributed by atoms with Crippen LogP contribution in [0.3, 0.4) is 0 Å². The number of thioether (sulfide) groups is 1. The number of aliphatic hydroxyl groups is 1. The minimum absolute atomic E-state index is 0.0934. The monoisotopic (exact) mass is 338 g/mol. The van der Waals surface area contributed by atoms with Gasteiger partial charge in [0.1, 0.15) is 6.54 Å². The van der Waals surface area contributed by atoms with Crippen molar-refractivity contribution in [3.8, 4) is 0 Å². The molecule has 118 valence electrons. The molecule has 0 spiro atoms. The van der Waals surface area contributed by atoms with Crippen LogP contribution in [0.4, 0.5) is 0 Å². The summed E-state index contributed by atoms with van der Waals surface area (Å²) in [6, 6.07) is 7.60. The number of amides is 1. The number of carbonyl (C=O) groups excluding carboxylic acids is 1. The van der Waals surface area contributed by atoms with Gasteiger partial charge in [-0.15, -0.1) is 0 Å². The summed E-state index contributed by atoms with van der Waals surface area (Å²) in [7, 11) is 0. The topological polar surface area (TPSA) is 54.3 Å². The van der Waals surface area contributed by atoms with Crippen LogP contribution in [0.25, 0.3) is 10.9 Å². The Kier molecular flexibility index (Phi) is 4.66. The van der Waals surface area contributed by atoms with Crippen molar-refractivity contribution in [3.05, 3.63) is 35.5 Å². The van der Waals surface area contributed by atoms with E-state index in [1.165, 1.54) is 0 Å². The highest BCUT2D eigenvalue weighted by molar-refractivity contribution is 7.99. The number of aromatic nitrogens is 1. The lowest BCUT2D eigenvalue weighted by Gasteiger charge is -2.31. The van der Waals surface area contributed by atoms with E-state index in [1.807, 2.05) is 46.8 Å². The first-order valence-electron chi connectivity index (χ1n) is 7.37. The molecule has 1 aromatic carbocycles. The molecule has 4 nitrogen and oxygen atoms in total. The molecular formula is C16H19ClN2O2S. The second-order valence-corrected chi connectivity index (χ2v) is 7.42. The van der Waals surface area contributed by atoms with Gasteiger partial charge in [0, 0.05) is 23.3 Å². The van der Waals surface area contributed by atoms with Crippen LogP contribution in [0.1, 0.15) is 12.8 Å². The van der Waals surface area contributed by atoms with Gasteiger partial charge in [-0.25, -0.2) is 0 Å². The second kappa shape index (κ2) is 6.52. The Labute approximate surface area is 138 Å². The quantitative estimate of drug-likeness (QED) is 0.901. The summed E-state index contributed by atoms with van der Waals surface area (Å²) in [4.78, 5) is 12.1. The van der Waals surface area contributed by atoms with Crippen LogP contribution in [0, 0.1) is 0 Å². The molecule has 22 heavy (non-hydrogen) atoms. The van der Waals surface area contributed by atoms with Crippen LogP contribution in [-0.2, 0) is 11.3 Å². The van der Waals surface area contributed by atoms with E-state index in [0.717, 1.165) is 35.3 Å². The number of hydrogen-bond acceptors (Lipinski definition) is 3. The maximum atomic E-state index is 12.1. The van der Waals surface area contributed by atoms with Crippen molar-refractivity contribution in [1.82, 2.24) is 9.88 Å². The van der Waals surface area contributed by atoms with Crippen LogP contribution in [0.15, 0.2) is 30.5 Å². The van der Waals surface area contributed by atoms with E-state index in [0.29, 0.717) is 11.6 Å². The van der Waals surface area contributed by atoms with Crippen LogP contribution in [-0.4, -0.2) is 39.2 Å². The van der Waals surface area contributed by atoms with Crippen molar-refractivity contribution >= 4 is 40.2 Å². The van der Waals surface area contributed by atoms with Gasteiger partial charge in [0.2, 0.25) is 5.91 Å². The van der Waals surface area contributed by atoms with Gasteiger partial charge in [0.05, 0.1) is 5.60 Å². The van der Waals surface area contributed by atoms with Crippen molar-refractivity contribution in [2.75, 3.05) is 18.1 Å². The molecule has 1 aromatic heterocycles. The number of hydrogen-bond donors (Lipinski definition) is 2. The average molecular weight is 339 g/mol. The Morgan fingerprint density at radius 2 is 2.14 bits per heavy atom. The molecule has 0 aliphatic carbocycles. The maximum absolute atomic E-state index is 12.1. The molecule has 1 amide bonds. The molecular weight excluding hydrogens is 320 g/mol. The lowest BCUT2D eigenvalue weighted by Crippen LogP contribution is -2.46. The Hall–Kier alpha value is -1.17. The number of halogens is 1. The highest BCUT2D eigenvalue weighted by atomic mass is 35.5. The molecule has 1 saturated heterocycles. The largest absolute Gasteiger partial charge is 0.388 e. The zero-order chi connectivity index (χ0) is 15.6. The van der Waals surface area contributed by atoms with Crippen LogP contribution < -0.4 is 5.32 Å². The molecule has 1 fully saturated rings. The van der Waals surface area contributed by atoms with E-state index in [1.54, 1.807) is 0 Å². The standard InChI is InChI=1S/C16H19ClN2O2S/c17-13-2-1-12-3-6-19(14(12)9-13)10-15(20)18-11-16(21)4-7-22-8-5-16/h1-3,6,9,21H,4-5,7-8,10-11H2,(H,18,20). The Morgan fingerprint density at radius 3 is 2.91 bits per heavy atom. The first-order chi connectivity index (χ1) is 10.6. The van der Waals surface area contributed by atoms with E-state index in [9.17, 15) is 9.90 Å². The third kappa shape index (κ3) is 3.59. The summed E-state index contributed by atoms with van der Waals surface area (Å²) < 4.78 is 1.87. The summed E-state index contributed by atoms with van der Waals surface area (Å²) in [6.07, 6.45) is 3.35. The Bertz CT molecular complexity index is 680. The lowest BCUT2D eigenvalue weighted by molar-refractivity contribution is -0.123. The molecule has 1 aliphatic rings. The molecule has 6 heteroatoms. The fourth-order valence-corrected chi connectivity index (χ4v) is 4.12. The van der Waals surface area contributed by atoms with Gasteiger partial charge in [-0.1, -0.05) is 17.7 Å². The molecule has 3 rings (SSSR count). The average Bonchev–Trinajstić information content (AvgIpc) is 2.88. The molecule has 2 aromatic rings. The van der Waals surface area contributed by atoms with Gasteiger partial charge in [0.15, 0.2) is 0 Å². The molecule has 1 aliphatic heterocycles. The van der Waals surface area contributed by atoms with Crippen LogP contribution >= 0.6 is 23.4 Å². The van der Waals surface area contributed by atoms with Gasteiger partial charge >= 0.3 is 0 Å². The minimum atomic E-state index is -0.747. The van der Waals surface area contributed by atoms with E-state index in [4.69, 9.17) is 11.6 Å². The summed E-state index contributed by atoms with van der Waals surface area (Å²) in [5, 5.41) is 15.0. The first-order valence-corrected chi connectivity index (χ1v) is 8.90. The Balaban J connectivity index is 1.62. The minimum Gasteiger partial charge on any atom is -0.388 e. The summed E-state index contributed by atoms with van der Waals surface area (Å²) in [5.41, 5.74) is 0.193. The number of nitrogens with zero attached hydrogens (tertiary/aromatic N) is 1. The van der Waals surface area contributed by atoms with E-state index in [2.05, 4.69) is 5.32 Å². The van der Waals surface area contributed by atoms with Gasteiger partial charge in [0.25, 0.3) is 0 Å². The molecule has 0 bridgehead atoms. The van der Waals surface area contributed by atoms with Crippen molar-refractivity contribution < 1.29 is 9.90 Å².